The van der Waals surface area contributed by atoms with E-state index in [0.29, 0.717) is 26.2 Å². The molecule has 2 fully saturated rings. The molecule has 3 amide bonds. The molecule has 0 spiro atoms. The first-order valence-electron chi connectivity index (χ1n) is 6.65. The third kappa shape index (κ3) is 3.01. The van der Waals surface area contributed by atoms with Gasteiger partial charge in [-0.05, 0) is 6.92 Å². The Morgan fingerprint density at radius 3 is 2.85 bits per heavy atom. The number of rotatable bonds is 2. The Bertz CT molecular complexity index is 414. The lowest BCUT2D eigenvalue weighted by Gasteiger charge is -2.41. The topological polar surface area (TPSA) is 99.2 Å². The lowest BCUT2D eigenvalue weighted by atomic mass is 10.1. The highest BCUT2D eigenvalue weighted by molar-refractivity contribution is 5.88. The molecule has 112 valence electrons. The third-order valence-corrected chi connectivity index (χ3v) is 3.63. The number of urea groups is 1. The molecular formula is C12H19N3O5. The van der Waals surface area contributed by atoms with E-state index in [1.165, 1.54) is 9.80 Å². The number of aliphatic carboxylic acids is 1. The SMILES string of the molecule is CC1C(=O)NCCN1C(=O)N1CCOCC1CC(=O)O. The lowest BCUT2D eigenvalue weighted by molar-refractivity contribution is -0.140. The molecule has 0 saturated carbocycles. The van der Waals surface area contributed by atoms with Crippen LogP contribution in [0.25, 0.3) is 0 Å². The summed E-state index contributed by atoms with van der Waals surface area (Å²) >= 11 is 0. The fourth-order valence-corrected chi connectivity index (χ4v) is 2.49. The van der Waals surface area contributed by atoms with Gasteiger partial charge in [-0.1, -0.05) is 0 Å². The predicted octanol–water partition coefficient (Wildman–Crippen LogP) is -0.898. The van der Waals surface area contributed by atoms with Gasteiger partial charge in [0.05, 0.1) is 25.7 Å². The molecular weight excluding hydrogens is 266 g/mol. The number of piperazine rings is 1. The van der Waals surface area contributed by atoms with Crippen LogP contribution in [-0.4, -0.2) is 77.7 Å². The van der Waals surface area contributed by atoms with Crippen LogP contribution in [0, 0.1) is 0 Å². The maximum Gasteiger partial charge on any atom is 0.321 e. The van der Waals surface area contributed by atoms with Gasteiger partial charge in [0.2, 0.25) is 5.91 Å². The first-order valence-corrected chi connectivity index (χ1v) is 6.65. The van der Waals surface area contributed by atoms with Crippen LogP contribution in [0.15, 0.2) is 0 Å². The van der Waals surface area contributed by atoms with Crippen molar-refractivity contribution in [1.82, 2.24) is 15.1 Å². The quantitative estimate of drug-likeness (QED) is 0.685. The lowest BCUT2D eigenvalue weighted by Crippen LogP contribution is -2.62. The van der Waals surface area contributed by atoms with E-state index in [2.05, 4.69) is 5.32 Å². The molecule has 2 saturated heterocycles. The van der Waals surface area contributed by atoms with Crippen LogP contribution in [0.2, 0.25) is 0 Å². The van der Waals surface area contributed by atoms with Gasteiger partial charge in [0.15, 0.2) is 0 Å². The summed E-state index contributed by atoms with van der Waals surface area (Å²) in [6, 6.07) is -1.31. The van der Waals surface area contributed by atoms with Crippen molar-refractivity contribution in [2.45, 2.75) is 25.4 Å². The summed E-state index contributed by atoms with van der Waals surface area (Å²) in [6.45, 7) is 3.47. The Labute approximate surface area is 116 Å². The van der Waals surface area contributed by atoms with Gasteiger partial charge in [-0.15, -0.1) is 0 Å². The number of morpholine rings is 1. The van der Waals surface area contributed by atoms with Crippen LogP contribution in [0.1, 0.15) is 13.3 Å². The van der Waals surface area contributed by atoms with Gasteiger partial charge in [0.1, 0.15) is 6.04 Å². The van der Waals surface area contributed by atoms with Crippen molar-refractivity contribution in [3.8, 4) is 0 Å². The number of nitrogens with zero attached hydrogens (tertiary/aromatic N) is 2. The molecule has 0 radical (unpaired) electrons. The zero-order valence-electron chi connectivity index (χ0n) is 11.4. The van der Waals surface area contributed by atoms with Crippen LogP contribution >= 0.6 is 0 Å². The van der Waals surface area contributed by atoms with Gasteiger partial charge in [-0.2, -0.15) is 0 Å². The van der Waals surface area contributed by atoms with E-state index < -0.39 is 18.1 Å². The van der Waals surface area contributed by atoms with E-state index in [1.54, 1.807) is 6.92 Å². The Morgan fingerprint density at radius 2 is 2.15 bits per heavy atom. The van der Waals surface area contributed by atoms with Crippen LogP contribution in [0.5, 0.6) is 0 Å². The molecule has 2 heterocycles. The molecule has 0 aliphatic carbocycles. The zero-order valence-corrected chi connectivity index (χ0v) is 11.4. The summed E-state index contributed by atoms with van der Waals surface area (Å²) in [6.07, 6.45) is -0.153. The van der Waals surface area contributed by atoms with E-state index >= 15 is 0 Å². The predicted molar refractivity (Wildman–Crippen MR) is 68.1 cm³/mol. The molecule has 2 rings (SSSR count). The van der Waals surface area contributed by atoms with Crippen molar-refractivity contribution < 1.29 is 24.2 Å². The number of ether oxygens (including phenoxy) is 1. The van der Waals surface area contributed by atoms with Gasteiger partial charge in [-0.25, -0.2) is 4.79 Å². The third-order valence-electron chi connectivity index (χ3n) is 3.63. The van der Waals surface area contributed by atoms with Crippen molar-refractivity contribution in [3.63, 3.8) is 0 Å². The Kier molecular flexibility index (Phi) is 4.43. The number of hydrogen-bond donors (Lipinski definition) is 2. The summed E-state index contributed by atoms with van der Waals surface area (Å²) in [4.78, 5) is 38.0. The molecule has 0 aromatic rings. The first kappa shape index (κ1) is 14.6. The van der Waals surface area contributed by atoms with E-state index in [1.807, 2.05) is 0 Å². The summed E-state index contributed by atoms with van der Waals surface area (Å²) in [5.41, 5.74) is 0. The Morgan fingerprint density at radius 1 is 1.40 bits per heavy atom. The molecule has 0 aromatic carbocycles. The molecule has 2 aliphatic rings. The minimum Gasteiger partial charge on any atom is -0.481 e. The zero-order chi connectivity index (χ0) is 14.7. The van der Waals surface area contributed by atoms with Crippen LogP contribution in [0.4, 0.5) is 4.79 Å². The fraction of sp³-hybridized carbons (Fsp3) is 0.750. The van der Waals surface area contributed by atoms with E-state index in [0.717, 1.165) is 0 Å². The van der Waals surface area contributed by atoms with E-state index in [9.17, 15) is 14.4 Å². The van der Waals surface area contributed by atoms with Crippen molar-refractivity contribution >= 4 is 17.9 Å². The Hall–Kier alpha value is -1.83. The number of nitrogens with one attached hydrogen (secondary N) is 1. The first-order chi connectivity index (χ1) is 9.50. The van der Waals surface area contributed by atoms with Crippen LogP contribution in [-0.2, 0) is 14.3 Å². The molecule has 0 bridgehead atoms. The molecule has 2 unspecified atom stereocenters. The number of hydrogen-bond acceptors (Lipinski definition) is 4. The minimum absolute atomic E-state index is 0.153. The summed E-state index contributed by atoms with van der Waals surface area (Å²) in [7, 11) is 0. The largest absolute Gasteiger partial charge is 0.481 e. The van der Waals surface area contributed by atoms with Gasteiger partial charge >= 0.3 is 12.0 Å². The second kappa shape index (κ2) is 6.08. The molecule has 2 N–H and O–H groups in total. The Balaban J connectivity index is 2.08. The van der Waals surface area contributed by atoms with Gasteiger partial charge < -0.3 is 25.0 Å². The second-order valence-electron chi connectivity index (χ2n) is 4.96. The smallest absolute Gasteiger partial charge is 0.321 e. The average Bonchev–Trinajstić information content (AvgIpc) is 2.41. The second-order valence-corrected chi connectivity index (χ2v) is 4.96. The highest BCUT2D eigenvalue weighted by atomic mass is 16.5. The number of carboxylic acids is 1. The van der Waals surface area contributed by atoms with Crippen LogP contribution in [0.3, 0.4) is 0 Å². The normalized spacial score (nSPS) is 27.1. The fourth-order valence-electron chi connectivity index (χ4n) is 2.49. The molecule has 8 heteroatoms. The highest BCUT2D eigenvalue weighted by Gasteiger charge is 2.36. The summed E-state index contributed by atoms with van der Waals surface area (Å²) in [5, 5.41) is 11.6. The maximum atomic E-state index is 12.5. The molecule has 0 aromatic heterocycles. The molecule has 2 atom stereocenters. The van der Waals surface area contributed by atoms with Crippen molar-refractivity contribution in [2.24, 2.45) is 0 Å². The number of carboxylic acid groups (broad SMARTS) is 1. The standard InChI is InChI=1S/C12H19N3O5/c1-8-11(18)13-2-3-14(8)12(19)15-4-5-20-7-9(15)6-10(16)17/h8-9H,2-7H2,1H3,(H,13,18)(H,16,17). The maximum absolute atomic E-state index is 12.5. The van der Waals surface area contributed by atoms with Crippen molar-refractivity contribution in [3.05, 3.63) is 0 Å². The van der Waals surface area contributed by atoms with Crippen molar-refractivity contribution in [1.29, 1.82) is 0 Å². The minimum atomic E-state index is -0.970. The summed E-state index contributed by atoms with van der Waals surface area (Å²) < 4.78 is 5.24. The summed E-state index contributed by atoms with van der Waals surface area (Å²) in [5.74, 6) is -1.16. The van der Waals surface area contributed by atoms with Gasteiger partial charge in [0, 0.05) is 19.6 Å². The molecule has 20 heavy (non-hydrogen) atoms. The number of carbonyl (C=O) groups is 3. The van der Waals surface area contributed by atoms with Gasteiger partial charge in [0.25, 0.3) is 0 Å². The van der Waals surface area contributed by atoms with E-state index in [4.69, 9.17) is 9.84 Å². The monoisotopic (exact) mass is 285 g/mol. The average molecular weight is 285 g/mol. The van der Waals surface area contributed by atoms with Crippen molar-refractivity contribution in [2.75, 3.05) is 32.8 Å². The van der Waals surface area contributed by atoms with E-state index in [-0.39, 0.29) is 25.0 Å². The number of carbonyl (C=O) groups excluding carboxylic acids is 2. The molecule has 8 nitrogen and oxygen atoms in total. The molecule has 2 aliphatic heterocycles. The van der Waals surface area contributed by atoms with Crippen LogP contribution < -0.4 is 5.32 Å². The van der Waals surface area contributed by atoms with Gasteiger partial charge in [-0.3, -0.25) is 9.59 Å². The number of amides is 3. The highest BCUT2D eigenvalue weighted by Crippen LogP contribution is 2.16.